The lowest BCUT2D eigenvalue weighted by molar-refractivity contribution is 0.0953. The molecule has 0 aliphatic rings. The van der Waals surface area contributed by atoms with Gasteiger partial charge in [-0.1, -0.05) is 69.2 Å². The molecule has 0 heterocycles. The number of benzene rings is 1. The summed E-state index contributed by atoms with van der Waals surface area (Å²) in [6, 6.07) is 7.15. The summed E-state index contributed by atoms with van der Waals surface area (Å²) in [4.78, 5) is 11.8. The van der Waals surface area contributed by atoms with Crippen LogP contribution in [0.3, 0.4) is 0 Å². The van der Waals surface area contributed by atoms with E-state index in [4.69, 9.17) is 11.6 Å². The zero-order valence-electron chi connectivity index (χ0n) is 11.8. The number of rotatable bonds is 9. The van der Waals surface area contributed by atoms with Crippen molar-refractivity contribution < 1.29 is 4.79 Å². The molecule has 0 unspecified atom stereocenters. The Morgan fingerprint density at radius 1 is 1.05 bits per heavy atom. The number of carbonyl (C=O) groups excluding carboxylic acids is 1. The summed E-state index contributed by atoms with van der Waals surface area (Å²) in [6.07, 6.45) is 8.77. The first kappa shape index (κ1) is 16.0. The van der Waals surface area contributed by atoms with E-state index in [1.165, 1.54) is 38.5 Å². The molecule has 0 spiro atoms. The van der Waals surface area contributed by atoms with Crippen LogP contribution in [0.15, 0.2) is 24.3 Å². The van der Waals surface area contributed by atoms with E-state index in [0.717, 1.165) is 13.0 Å². The van der Waals surface area contributed by atoms with Crippen LogP contribution < -0.4 is 5.32 Å². The predicted molar refractivity (Wildman–Crippen MR) is 81.8 cm³/mol. The van der Waals surface area contributed by atoms with Crippen LogP contribution in [0.5, 0.6) is 0 Å². The third-order valence-electron chi connectivity index (χ3n) is 3.18. The van der Waals surface area contributed by atoms with Gasteiger partial charge in [0.1, 0.15) is 0 Å². The molecule has 1 aromatic rings. The van der Waals surface area contributed by atoms with Gasteiger partial charge in [-0.3, -0.25) is 4.79 Å². The van der Waals surface area contributed by atoms with Crippen LogP contribution in [0, 0.1) is 0 Å². The molecule has 1 aromatic carbocycles. The molecule has 19 heavy (non-hydrogen) atoms. The second-order valence-corrected chi connectivity index (χ2v) is 5.26. The summed E-state index contributed by atoms with van der Waals surface area (Å²) in [6.45, 7) is 2.96. The number of hydrogen-bond acceptors (Lipinski definition) is 1. The highest BCUT2D eigenvalue weighted by molar-refractivity contribution is 6.33. The second-order valence-electron chi connectivity index (χ2n) is 4.86. The molecule has 0 atom stereocenters. The maximum atomic E-state index is 11.8. The minimum absolute atomic E-state index is 0.0726. The van der Waals surface area contributed by atoms with Gasteiger partial charge in [0.15, 0.2) is 0 Å². The van der Waals surface area contributed by atoms with Gasteiger partial charge in [-0.25, -0.2) is 0 Å². The van der Waals surface area contributed by atoms with E-state index in [1.807, 2.05) is 12.1 Å². The molecule has 1 N–H and O–H groups in total. The first-order valence-corrected chi connectivity index (χ1v) is 7.66. The van der Waals surface area contributed by atoms with Crippen LogP contribution in [0.25, 0.3) is 0 Å². The Bertz CT molecular complexity index is 379. The van der Waals surface area contributed by atoms with Crippen molar-refractivity contribution in [2.45, 2.75) is 51.9 Å². The third-order valence-corrected chi connectivity index (χ3v) is 3.51. The van der Waals surface area contributed by atoms with E-state index in [-0.39, 0.29) is 5.91 Å². The highest BCUT2D eigenvalue weighted by atomic mass is 35.5. The van der Waals surface area contributed by atoms with Gasteiger partial charge in [-0.05, 0) is 18.6 Å². The van der Waals surface area contributed by atoms with E-state index < -0.39 is 0 Å². The Morgan fingerprint density at radius 3 is 2.37 bits per heavy atom. The molecule has 0 aliphatic carbocycles. The summed E-state index contributed by atoms with van der Waals surface area (Å²) >= 11 is 5.97. The Kier molecular flexibility index (Phi) is 8.31. The quantitative estimate of drug-likeness (QED) is 0.646. The van der Waals surface area contributed by atoms with Crippen molar-refractivity contribution in [3.8, 4) is 0 Å². The molecule has 1 rings (SSSR count). The number of unbranched alkanes of at least 4 members (excludes halogenated alkanes) is 6. The van der Waals surface area contributed by atoms with Gasteiger partial charge < -0.3 is 5.32 Å². The molecule has 2 nitrogen and oxygen atoms in total. The highest BCUT2D eigenvalue weighted by Gasteiger charge is 2.07. The molecule has 0 radical (unpaired) electrons. The lowest BCUT2D eigenvalue weighted by Gasteiger charge is -2.06. The first-order valence-electron chi connectivity index (χ1n) is 7.28. The van der Waals surface area contributed by atoms with Crippen molar-refractivity contribution in [2.75, 3.05) is 6.54 Å². The molecule has 3 heteroatoms. The fourth-order valence-electron chi connectivity index (χ4n) is 2.02. The van der Waals surface area contributed by atoms with Gasteiger partial charge in [0.25, 0.3) is 5.91 Å². The van der Waals surface area contributed by atoms with Gasteiger partial charge in [-0.2, -0.15) is 0 Å². The molecule has 0 fully saturated rings. The topological polar surface area (TPSA) is 29.1 Å². The number of hydrogen-bond donors (Lipinski definition) is 1. The SMILES string of the molecule is CCCCCCCCCNC(=O)c1ccccc1Cl. The molecule has 0 bridgehead atoms. The van der Waals surface area contributed by atoms with Gasteiger partial charge in [0.05, 0.1) is 10.6 Å². The smallest absolute Gasteiger partial charge is 0.252 e. The molecule has 0 aliphatic heterocycles. The van der Waals surface area contributed by atoms with Crippen LogP contribution in [0.4, 0.5) is 0 Å². The maximum absolute atomic E-state index is 11.8. The van der Waals surface area contributed by atoms with Crippen molar-refractivity contribution in [3.05, 3.63) is 34.9 Å². The van der Waals surface area contributed by atoms with E-state index in [0.29, 0.717) is 10.6 Å². The van der Waals surface area contributed by atoms with Crippen LogP contribution in [-0.2, 0) is 0 Å². The zero-order chi connectivity index (χ0) is 13.9. The van der Waals surface area contributed by atoms with E-state index in [9.17, 15) is 4.79 Å². The summed E-state index contributed by atoms with van der Waals surface area (Å²) in [5.41, 5.74) is 0.562. The third kappa shape index (κ3) is 6.63. The van der Waals surface area contributed by atoms with Gasteiger partial charge in [0, 0.05) is 6.54 Å². The van der Waals surface area contributed by atoms with Crippen LogP contribution in [0.1, 0.15) is 62.2 Å². The van der Waals surface area contributed by atoms with Crippen molar-refractivity contribution >= 4 is 17.5 Å². The van der Waals surface area contributed by atoms with Crippen molar-refractivity contribution in [2.24, 2.45) is 0 Å². The molecular weight excluding hydrogens is 258 g/mol. The Labute approximate surface area is 121 Å². The average Bonchev–Trinajstić information content (AvgIpc) is 2.42. The monoisotopic (exact) mass is 281 g/mol. The molecule has 106 valence electrons. The average molecular weight is 282 g/mol. The van der Waals surface area contributed by atoms with Crippen LogP contribution in [0.2, 0.25) is 5.02 Å². The minimum atomic E-state index is -0.0726. The lowest BCUT2D eigenvalue weighted by Crippen LogP contribution is -2.24. The Balaban J connectivity index is 2.10. The summed E-state index contributed by atoms with van der Waals surface area (Å²) in [5, 5.41) is 3.43. The Hall–Kier alpha value is -1.02. The summed E-state index contributed by atoms with van der Waals surface area (Å²) in [7, 11) is 0. The molecule has 0 aromatic heterocycles. The van der Waals surface area contributed by atoms with E-state index in [2.05, 4.69) is 12.2 Å². The number of nitrogens with one attached hydrogen (secondary N) is 1. The van der Waals surface area contributed by atoms with Crippen LogP contribution in [-0.4, -0.2) is 12.5 Å². The number of carbonyl (C=O) groups is 1. The first-order chi connectivity index (χ1) is 9.25. The summed E-state index contributed by atoms with van der Waals surface area (Å²) < 4.78 is 0. The number of amides is 1. The molecule has 0 saturated carbocycles. The van der Waals surface area contributed by atoms with Crippen molar-refractivity contribution in [1.82, 2.24) is 5.32 Å². The summed E-state index contributed by atoms with van der Waals surface area (Å²) in [5.74, 6) is -0.0726. The van der Waals surface area contributed by atoms with Crippen molar-refractivity contribution in [1.29, 1.82) is 0 Å². The Morgan fingerprint density at radius 2 is 1.68 bits per heavy atom. The number of halogens is 1. The molecular formula is C16H24ClNO. The second kappa shape index (κ2) is 9.85. The predicted octanol–water partition coefficient (Wildman–Crippen LogP) is 4.82. The standard InChI is InChI=1S/C16H24ClNO/c1-2-3-4-5-6-7-10-13-18-16(19)14-11-8-9-12-15(14)17/h8-9,11-12H,2-7,10,13H2,1H3,(H,18,19). The maximum Gasteiger partial charge on any atom is 0.252 e. The van der Waals surface area contributed by atoms with Gasteiger partial charge in [0.2, 0.25) is 0 Å². The largest absolute Gasteiger partial charge is 0.352 e. The lowest BCUT2D eigenvalue weighted by atomic mass is 10.1. The van der Waals surface area contributed by atoms with Crippen LogP contribution >= 0.6 is 11.6 Å². The van der Waals surface area contributed by atoms with E-state index in [1.54, 1.807) is 12.1 Å². The molecule has 1 amide bonds. The van der Waals surface area contributed by atoms with Gasteiger partial charge in [-0.15, -0.1) is 0 Å². The van der Waals surface area contributed by atoms with E-state index >= 15 is 0 Å². The zero-order valence-corrected chi connectivity index (χ0v) is 12.5. The molecule has 0 saturated heterocycles. The fraction of sp³-hybridized carbons (Fsp3) is 0.562. The normalized spacial score (nSPS) is 10.4. The van der Waals surface area contributed by atoms with Gasteiger partial charge >= 0.3 is 0 Å². The highest BCUT2D eigenvalue weighted by Crippen LogP contribution is 2.14. The van der Waals surface area contributed by atoms with Crippen molar-refractivity contribution in [3.63, 3.8) is 0 Å². The minimum Gasteiger partial charge on any atom is -0.352 e. The fourth-order valence-corrected chi connectivity index (χ4v) is 2.25.